The molecule has 1 aliphatic heterocycles. The normalized spacial score (nSPS) is 25.4. The Morgan fingerprint density at radius 3 is 2.65 bits per heavy atom. The summed E-state index contributed by atoms with van der Waals surface area (Å²) < 4.78 is 19.1. The topological polar surface area (TPSA) is 29.5 Å². The van der Waals surface area contributed by atoms with Gasteiger partial charge in [0.25, 0.3) is 5.91 Å². The van der Waals surface area contributed by atoms with Gasteiger partial charge in [0.05, 0.1) is 12.7 Å². The van der Waals surface area contributed by atoms with Crippen molar-refractivity contribution >= 4 is 5.91 Å². The molecule has 1 saturated carbocycles. The zero-order chi connectivity index (χ0) is 14.1. The third kappa shape index (κ3) is 2.39. The Balaban J connectivity index is 1.82. The van der Waals surface area contributed by atoms with Crippen LogP contribution in [0.4, 0.5) is 4.39 Å². The van der Waals surface area contributed by atoms with E-state index in [0.29, 0.717) is 11.8 Å². The van der Waals surface area contributed by atoms with Crippen LogP contribution in [0.2, 0.25) is 0 Å². The average Bonchev–Trinajstić information content (AvgIpc) is 2.46. The van der Waals surface area contributed by atoms with Crippen LogP contribution in [-0.2, 0) is 0 Å². The summed E-state index contributed by atoms with van der Waals surface area (Å²) in [6.07, 6.45) is 4.89. The molecule has 0 unspecified atom stereocenters. The van der Waals surface area contributed by atoms with Gasteiger partial charge in [-0.15, -0.1) is 0 Å². The Bertz CT molecular complexity index is 505. The molecule has 3 rings (SSSR count). The van der Waals surface area contributed by atoms with Crippen molar-refractivity contribution in [1.29, 1.82) is 0 Å². The molecular formula is C16H20FNO2. The highest BCUT2D eigenvalue weighted by Gasteiger charge is 2.33. The van der Waals surface area contributed by atoms with Crippen molar-refractivity contribution in [1.82, 2.24) is 4.90 Å². The van der Waals surface area contributed by atoms with Crippen LogP contribution in [0.5, 0.6) is 5.75 Å². The molecule has 1 aliphatic carbocycles. The molecule has 2 aliphatic rings. The van der Waals surface area contributed by atoms with Gasteiger partial charge in [-0.25, -0.2) is 4.39 Å². The summed E-state index contributed by atoms with van der Waals surface area (Å²) in [4.78, 5) is 14.4. The Labute approximate surface area is 118 Å². The second-order valence-electron chi connectivity index (χ2n) is 5.93. The number of amides is 1. The molecule has 2 fully saturated rings. The third-order valence-corrected chi connectivity index (χ3v) is 4.55. The van der Waals surface area contributed by atoms with Crippen LogP contribution in [0, 0.1) is 17.7 Å². The van der Waals surface area contributed by atoms with Crippen molar-refractivity contribution < 1.29 is 13.9 Å². The third-order valence-electron chi connectivity index (χ3n) is 4.55. The largest absolute Gasteiger partial charge is 0.494 e. The molecule has 0 N–H and O–H groups in total. The molecule has 1 aromatic carbocycles. The standard InChI is InChI=1S/C16H20FNO2/c1-20-14-7-3-6-13(15(14)17)16(19)18-9-11-4-2-5-12(8-11)10-18/h3,6-7,11-12H,2,4-5,8-10H2,1H3/t11-,12-/m1/s1. The van der Waals surface area contributed by atoms with E-state index in [-0.39, 0.29) is 17.2 Å². The summed E-state index contributed by atoms with van der Waals surface area (Å²) in [5.74, 6) is 0.585. The molecule has 4 heteroatoms. The number of carbonyl (C=O) groups is 1. The quantitative estimate of drug-likeness (QED) is 0.831. The predicted octanol–water partition coefficient (Wildman–Crippen LogP) is 3.10. The van der Waals surface area contributed by atoms with E-state index in [4.69, 9.17) is 4.74 Å². The fraction of sp³-hybridized carbons (Fsp3) is 0.562. The van der Waals surface area contributed by atoms with Gasteiger partial charge in [-0.2, -0.15) is 0 Å². The monoisotopic (exact) mass is 277 g/mol. The number of methoxy groups -OCH3 is 1. The van der Waals surface area contributed by atoms with Gasteiger partial charge >= 0.3 is 0 Å². The number of hydrogen-bond acceptors (Lipinski definition) is 2. The molecule has 0 radical (unpaired) electrons. The minimum atomic E-state index is -0.546. The van der Waals surface area contributed by atoms with E-state index in [1.165, 1.54) is 38.9 Å². The smallest absolute Gasteiger partial charge is 0.256 e. The summed E-state index contributed by atoms with van der Waals surface area (Å²) in [5.41, 5.74) is 0.129. The van der Waals surface area contributed by atoms with Crippen LogP contribution < -0.4 is 4.74 Å². The Hall–Kier alpha value is -1.58. The summed E-state index contributed by atoms with van der Waals surface area (Å²) in [6.45, 7) is 1.54. The van der Waals surface area contributed by atoms with Crippen molar-refractivity contribution in [2.45, 2.75) is 25.7 Å². The Morgan fingerprint density at radius 2 is 2.00 bits per heavy atom. The number of benzene rings is 1. The van der Waals surface area contributed by atoms with E-state index in [2.05, 4.69) is 0 Å². The van der Waals surface area contributed by atoms with Crippen LogP contribution in [0.25, 0.3) is 0 Å². The molecule has 1 saturated heterocycles. The van der Waals surface area contributed by atoms with Crippen LogP contribution in [0.3, 0.4) is 0 Å². The highest BCUT2D eigenvalue weighted by atomic mass is 19.1. The lowest BCUT2D eigenvalue weighted by atomic mass is 9.78. The summed E-state index contributed by atoms with van der Waals surface area (Å²) >= 11 is 0. The van der Waals surface area contributed by atoms with Crippen molar-refractivity contribution in [2.75, 3.05) is 20.2 Å². The molecule has 20 heavy (non-hydrogen) atoms. The highest BCUT2D eigenvalue weighted by molar-refractivity contribution is 5.95. The van der Waals surface area contributed by atoms with Gasteiger partial charge in [0.1, 0.15) is 0 Å². The van der Waals surface area contributed by atoms with Gasteiger partial charge in [0.2, 0.25) is 0 Å². The van der Waals surface area contributed by atoms with E-state index < -0.39 is 5.82 Å². The predicted molar refractivity (Wildman–Crippen MR) is 74.3 cm³/mol. The maximum Gasteiger partial charge on any atom is 0.256 e. The van der Waals surface area contributed by atoms with E-state index in [9.17, 15) is 9.18 Å². The molecule has 2 atom stereocenters. The van der Waals surface area contributed by atoms with E-state index in [1.807, 2.05) is 4.90 Å². The number of piperidine rings is 1. The SMILES string of the molecule is COc1cccc(C(=O)N2C[C@@H]3CCC[C@H](C3)C2)c1F. The first kappa shape index (κ1) is 13.4. The molecule has 1 heterocycles. The van der Waals surface area contributed by atoms with E-state index >= 15 is 0 Å². The number of rotatable bonds is 2. The number of nitrogens with zero attached hydrogens (tertiary/aromatic N) is 1. The Kier molecular flexibility index (Phi) is 3.64. The number of likely N-dealkylation sites (tertiary alicyclic amines) is 1. The van der Waals surface area contributed by atoms with Gasteiger partial charge in [-0.05, 0) is 43.2 Å². The number of halogens is 1. The average molecular weight is 277 g/mol. The van der Waals surface area contributed by atoms with Crippen LogP contribution in [0.15, 0.2) is 18.2 Å². The maximum absolute atomic E-state index is 14.2. The second-order valence-corrected chi connectivity index (χ2v) is 5.93. The van der Waals surface area contributed by atoms with Crippen LogP contribution in [-0.4, -0.2) is 31.0 Å². The fourth-order valence-electron chi connectivity index (χ4n) is 3.60. The van der Waals surface area contributed by atoms with E-state index in [0.717, 1.165) is 13.1 Å². The lowest BCUT2D eigenvalue weighted by Gasteiger charge is -2.41. The molecule has 0 spiro atoms. The molecule has 1 amide bonds. The minimum Gasteiger partial charge on any atom is -0.494 e. The summed E-state index contributed by atoms with van der Waals surface area (Å²) in [6, 6.07) is 4.75. The number of ether oxygens (including phenoxy) is 1. The van der Waals surface area contributed by atoms with Crippen molar-refractivity contribution in [3.05, 3.63) is 29.6 Å². The summed E-state index contributed by atoms with van der Waals surface area (Å²) in [5, 5.41) is 0. The molecule has 0 aromatic heterocycles. The Morgan fingerprint density at radius 1 is 1.30 bits per heavy atom. The van der Waals surface area contributed by atoms with Gasteiger partial charge in [-0.3, -0.25) is 4.79 Å². The van der Waals surface area contributed by atoms with Gasteiger partial charge < -0.3 is 9.64 Å². The zero-order valence-electron chi connectivity index (χ0n) is 11.8. The zero-order valence-corrected chi connectivity index (χ0v) is 11.8. The van der Waals surface area contributed by atoms with Gasteiger partial charge in [0, 0.05) is 13.1 Å². The lowest BCUT2D eigenvalue weighted by molar-refractivity contribution is 0.0499. The molecule has 1 aromatic rings. The fourth-order valence-corrected chi connectivity index (χ4v) is 3.60. The first-order chi connectivity index (χ1) is 9.69. The number of hydrogen-bond donors (Lipinski definition) is 0. The van der Waals surface area contributed by atoms with Crippen molar-refractivity contribution in [3.8, 4) is 5.75 Å². The number of fused-ring (bicyclic) bond motifs is 2. The second kappa shape index (κ2) is 5.43. The van der Waals surface area contributed by atoms with Crippen molar-refractivity contribution in [2.24, 2.45) is 11.8 Å². The van der Waals surface area contributed by atoms with Crippen LogP contribution >= 0.6 is 0 Å². The first-order valence-corrected chi connectivity index (χ1v) is 7.31. The van der Waals surface area contributed by atoms with Crippen LogP contribution in [0.1, 0.15) is 36.0 Å². The van der Waals surface area contributed by atoms with Gasteiger partial charge in [0.15, 0.2) is 11.6 Å². The molecular weight excluding hydrogens is 257 g/mol. The maximum atomic E-state index is 14.2. The van der Waals surface area contributed by atoms with Crippen molar-refractivity contribution in [3.63, 3.8) is 0 Å². The minimum absolute atomic E-state index is 0.129. The molecule has 108 valence electrons. The van der Waals surface area contributed by atoms with E-state index in [1.54, 1.807) is 12.1 Å². The first-order valence-electron chi connectivity index (χ1n) is 7.31. The number of carbonyl (C=O) groups excluding carboxylic acids is 1. The highest BCUT2D eigenvalue weighted by Crippen LogP contribution is 2.35. The molecule has 3 nitrogen and oxygen atoms in total. The lowest BCUT2D eigenvalue weighted by Crippen LogP contribution is -2.45. The van der Waals surface area contributed by atoms with Gasteiger partial charge in [-0.1, -0.05) is 12.5 Å². The molecule has 2 bridgehead atoms. The summed E-state index contributed by atoms with van der Waals surface area (Å²) in [7, 11) is 1.41.